The van der Waals surface area contributed by atoms with E-state index in [-0.39, 0.29) is 0 Å². The maximum atomic E-state index is 6.22. The van der Waals surface area contributed by atoms with E-state index in [2.05, 4.69) is 17.3 Å². The van der Waals surface area contributed by atoms with Gasteiger partial charge in [0.25, 0.3) is 0 Å². The van der Waals surface area contributed by atoms with Gasteiger partial charge in [-0.2, -0.15) is 0 Å². The van der Waals surface area contributed by atoms with Crippen molar-refractivity contribution < 1.29 is 4.74 Å². The van der Waals surface area contributed by atoms with E-state index in [4.69, 9.17) is 16.3 Å². The van der Waals surface area contributed by atoms with Crippen molar-refractivity contribution in [3.8, 4) is 5.75 Å². The molecule has 1 unspecified atom stereocenters. The molecule has 0 saturated carbocycles. The molecular formula is C15H23ClN2O. The Hall–Kier alpha value is -0.770. The Labute approximate surface area is 120 Å². The first kappa shape index (κ1) is 14.6. The van der Waals surface area contributed by atoms with Crippen molar-refractivity contribution in [1.82, 2.24) is 10.2 Å². The summed E-state index contributed by atoms with van der Waals surface area (Å²) < 4.78 is 5.35. The highest BCUT2D eigenvalue weighted by Gasteiger charge is 2.17. The Balaban J connectivity index is 1.85. The monoisotopic (exact) mass is 282 g/mol. The second kappa shape index (κ2) is 7.13. The minimum Gasteiger partial charge on any atom is -0.496 e. The summed E-state index contributed by atoms with van der Waals surface area (Å²) in [7, 11) is 3.88. The van der Waals surface area contributed by atoms with E-state index in [1.165, 1.54) is 25.9 Å². The number of rotatable bonds is 5. The molecular weight excluding hydrogens is 260 g/mol. The van der Waals surface area contributed by atoms with E-state index in [9.17, 15) is 0 Å². The summed E-state index contributed by atoms with van der Waals surface area (Å²) in [5.74, 6) is 1.60. The fourth-order valence-electron chi connectivity index (χ4n) is 2.74. The molecule has 19 heavy (non-hydrogen) atoms. The first-order chi connectivity index (χ1) is 9.20. The van der Waals surface area contributed by atoms with E-state index in [1.807, 2.05) is 18.2 Å². The molecule has 1 aliphatic heterocycles. The van der Waals surface area contributed by atoms with Crippen LogP contribution in [0.5, 0.6) is 5.75 Å². The predicted molar refractivity (Wildman–Crippen MR) is 79.9 cm³/mol. The number of hydrogen-bond donors (Lipinski definition) is 1. The molecule has 1 aliphatic rings. The summed E-state index contributed by atoms with van der Waals surface area (Å²) >= 11 is 6.22. The molecule has 0 amide bonds. The van der Waals surface area contributed by atoms with Crippen LogP contribution < -0.4 is 10.1 Å². The number of halogens is 1. The summed E-state index contributed by atoms with van der Waals surface area (Å²) in [5.41, 5.74) is 1.05. The zero-order valence-corrected chi connectivity index (χ0v) is 12.5. The van der Waals surface area contributed by atoms with Gasteiger partial charge in [0.15, 0.2) is 0 Å². The molecule has 3 nitrogen and oxygen atoms in total. The fourth-order valence-corrected chi connectivity index (χ4v) is 2.98. The molecule has 0 aliphatic carbocycles. The van der Waals surface area contributed by atoms with E-state index in [1.54, 1.807) is 7.11 Å². The lowest BCUT2D eigenvalue weighted by Crippen LogP contribution is -2.37. The molecule has 4 heteroatoms. The van der Waals surface area contributed by atoms with Crippen LogP contribution in [0.15, 0.2) is 18.2 Å². The van der Waals surface area contributed by atoms with Gasteiger partial charge in [-0.05, 0) is 51.0 Å². The first-order valence-electron chi connectivity index (χ1n) is 6.91. The standard InChI is InChI=1S/C15H23ClN2O/c1-18-8-4-5-12(11-18)9-17-10-13-14(16)6-3-7-15(13)19-2/h3,6-7,12,17H,4-5,8-11H2,1-2H3. The zero-order chi connectivity index (χ0) is 13.7. The van der Waals surface area contributed by atoms with Gasteiger partial charge in [0.2, 0.25) is 0 Å². The van der Waals surface area contributed by atoms with E-state index in [0.717, 1.165) is 35.3 Å². The van der Waals surface area contributed by atoms with Gasteiger partial charge in [-0.15, -0.1) is 0 Å². The van der Waals surface area contributed by atoms with Gasteiger partial charge < -0.3 is 15.0 Å². The number of nitrogens with zero attached hydrogens (tertiary/aromatic N) is 1. The molecule has 0 spiro atoms. The number of nitrogens with one attached hydrogen (secondary N) is 1. The van der Waals surface area contributed by atoms with Crippen LogP contribution >= 0.6 is 11.6 Å². The highest BCUT2D eigenvalue weighted by molar-refractivity contribution is 6.31. The van der Waals surface area contributed by atoms with Crippen molar-refractivity contribution in [2.45, 2.75) is 19.4 Å². The van der Waals surface area contributed by atoms with Crippen molar-refractivity contribution in [2.75, 3.05) is 33.8 Å². The quantitative estimate of drug-likeness (QED) is 0.899. The molecule has 1 saturated heterocycles. The minimum atomic E-state index is 0.743. The summed E-state index contributed by atoms with van der Waals surface area (Å²) in [6.07, 6.45) is 2.62. The Morgan fingerprint density at radius 3 is 3.05 bits per heavy atom. The Bertz CT molecular complexity index is 411. The Kier molecular flexibility index (Phi) is 5.49. The van der Waals surface area contributed by atoms with E-state index >= 15 is 0 Å². The number of ether oxygens (including phenoxy) is 1. The Morgan fingerprint density at radius 1 is 1.47 bits per heavy atom. The van der Waals surface area contributed by atoms with Crippen LogP contribution in [0, 0.1) is 5.92 Å². The van der Waals surface area contributed by atoms with Crippen molar-refractivity contribution >= 4 is 11.6 Å². The van der Waals surface area contributed by atoms with Crippen LogP contribution in [0.25, 0.3) is 0 Å². The number of methoxy groups -OCH3 is 1. The summed E-state index contributed by atoms with van der Waals surface area (Å²) in [6, 6.07) is 5.79. The van der Waals surface area contributed by atoms with Crippen LogP contribution in [0.3, 0.4) is 0 Å². The van der Waals surface area contributed by atoms with Crippen molar-refractivity contribution in [3.63, 3.8) is 0 Å². The van der Waals surface area contributed by atoms with Gasteiger partial charge in [0, 0.05) is 23.7 Å². The third-order valence-electron chi connectivity index (χ3n) is 3.75. The smallest absolute Gasteiger partial charge is 0.124 e. The van der Waals surface area contributed by atoms with Crippen molar-refractivity contribution in [2.24, 2.45) is 5.92 Å². The molecule has 1 fully saturated rings. The lowest BCUT2D eigenvalue weighted by molar-refractivity contribution is 0.206. The first-order valence-corrected chi connectivity index (χ1v) is 7.29. The molecule has 106 valence electrons. The average molecular weight is 283 g/mol. The molecule has 0 bridgehead atoms. The third-order valence-corrected chi connectivity index (χ3v) is 4.11. The van der Waals surface area contributed by atoms with Crippen LogP contribution in [-0.4, -0.2) is 38.7 Å². The Morgan fingerprint density at radius 2 is 2.32 bits per heavy atom. The maximum absolute atomic E-state index is 6.22. The number of hydrogen-bond acceptors (Lipinski definition) is 3. The molecule has 0 aromatic heterocycles. The van der Waals surface area contributed by atoms with Gasteiger partial charge in [-0.3, -0.25) is 0 Å². The second-order valence-electron chi connectivity index (χ2n) is 5.32. The second-order valence-corrected chi connectivity index (χ2v) is 5.73. The highest BCUT2D eigenvalue weighted by Crippen LogP contribution is 2.26. The summed E-state index contributed by atoms with van der Waals surface area (Å²) in [6.45, 7) is 4.23. The summed E-state index contributed by atoms with van der Waals surface area (Å²) in [5, 5.41) is 4.29. The SMILES string of the molecule is COc1cccc(Cl)c1CNCC1CCCN(C)C1. The molecule has 1 atom stereocenters. The van der Waals surface area contributed by atoms with Gasteiger partial charge in [0.05, 0.1) is 7.11 Å². The zero-order valence-electron chi connectivity index (χ0n) is 11.8. The van der Waals surface area contributed by atoms with Crippen LogP contribution in [0.4, 0.5) is 0 Å². The molecule has 2 rings (SSSR count). The van der Waals surface area contributed by atoms with Crippen molar-refractivity contribution in [3.05, 3.63) is 28.8 Å². The van der Waals surface area contributed by atoms with Gasteiger partial charge in [-0.25, -0.2) is 0 Å². The van der Waals surface area contributed by atoms with Crippen LogP contribution in [0.1, 0.15) is 18.4 Å². The maximum Gasteiger partial charge on any atom is 0.124 e. The molecule has 1 N–H and O–H groups in total. The molecule has 0 radical (unpaired) electrons. The van der Waals surface area contributed by atoms with Crippen molar-refractivity contribution in [1.29, 1.82) is 0 Å². The lowest BCUT2D eigenvalue weighted by Gasteiger charge is -2.29. The minimum absolute atomic E-state index is 0.743. The number of piperidine rings is 1. The fraction of sp³-hybridized carbons (Fsp3) is 0.600. The van der Waals surface area contributed by atoms with E-state index in [0.29, 0.717) is 0 Å². The van der Waals surface area contributed by atoms with Gasteiger partial charge in [-0.1, -0.05) is 17.7 Å². The predicted octanol–water partition coefficient (Wildman–Crippen LogP) is 2.78. The largest absolute Gasteiger partial charge is 0.496 e. The average Bonchev–Trinajstić information content (AvgIpc) is 2.40. The summed E-state index contributed by atoms with van der Waals surface area (Å²) in [4.78, 5) is 2.41. The number of benzene rings is 1. The van der Waals surface area contributed by atoms with Gasteiger partial charge >= 0.3 is 0 Å². The third kappa shape index (κ3) is 4.10. The lowest BCUT2D eigenvalue weighted by atomic mass is 9.98. The van der Waals surface area contributed by atoms with Crippen LogP contribution in [0.2, 0.25) is 5.02 Å². The highest BCUT2D eigenvalue weighted by atomic mass is 35.5. The van der Waals surface area contributed by atoms with Gasteiger partial charge in [0.1, 0.15) is 5.75 Å². The molecule has 1 aromatic carbocycles. The molecule has 1 aromatic rings. The van der Waals surface area contributed by atoms with Crippen LogP contribution in [-0.2, 0) is 6.54 Å². The normalized spacial score (nSPS) is 20.5. The number of likely N-dealkylation sites (tertiary alicyclic amines) is 1. The molecule has 1 heterocycles. The van der Waals surface area contributed by atoms with E-state index < -0.39 is 0 Å². The topological polar surface area (TPSA) is 24.5 Å².